The first-order valence-electron chi connectivity index (χ1n) is 7.29. The van der Waals surface area contributed by atoms with Crippen LogP contribution in [0.4, 0.5) is 11.4 Å². The Morgan fingerprint density at radius 2 is 1.89 bits per heavy atom. The van der Waals surface area contributed by atoms with Gasteiger partial charge in [-0.25, -0.2) is 13.2 Å². The van der Waals surface area contributed by atoms with Gasteiger partial charge in [-0.3, -0.25) is 14.9 Å². The van der Waals surface area contributed by atoms with Crippen LogP contribution in [0.5, 0.6) is 0 Å². The molecule has 142 valence electrons. The largest absolute Gasteiger partial charge is 0.452 e. The van der Waals surface area contributed by atoms with Gasteiger partial charge >= 0.3 is 5.97 Å². The van der Waals surface area contributed by atoms with Crippen molar-refractivity contribution in [1.82, 2.24) is 0 Å². The molecular formula is C16H13ClN2O7S. The van der Waals surface area contributed by atoms with Gasteiger partial charge in [0.2, 0.25) is 0 Å². The van der Waals surface area contributed by atoms with Crippen molar-refractivity contribution in [3.05, 3.63) is 63.2 Å². The van der Waals surface area contributed by atoms with Crippen molar-refractivity contribution in [3.8, 4) is 0 Å². The molecule has 0 aliphatic carbocycles. The maximum atomic E-state index is 12.1. The van der Waals surface area contributed by atoms with E-state index in [1.54, 1.807) is 0 Å². The number of nitro benzene ring substituents is 1. The molecule has 0 radical (unpaired) electrons. The first-order valence-corrected chi connectivity index (χ1v) is 9.56. The van der Waals surface area contributed by atoms with Crippen molar-refractivity contribution >= 4 is 44.7 Å². The zero-order valence-electron chi connectivity index (χ0n) is 13.8. The monoisotopic (exact) mass is 412 g/mol. The van der Waals surface area contributed by atoms with Crippen LogP contribution in [0, 0.1) is 10.1 Å². The van der Waals surface area contributed by atoms with Crippen LogP contribution >= 0.6 is 11.6 Å². The highest BCUT2D eigenvalue weighted by Gasteiger charge is 2.20. The molecule has 0 aliphatic heterocycles. The number of amides is 1. The molecule has 1 N–H and O–H groups in total. The molecule has 0 aromatic heterocycles. The number of nitrogens with zero attached hydrogens (tertiary/aromatic N) is 1. The summed E-state index contributed by atoms with van der Waals surface area (Å²) in [5, 5.41) is 13.1. The predicted octanol–water partition coefficient (Wildman–Crippen LogP) is 2.45. The van der Waals surface area contributed by atoms with E-state index in [2.05, 4.69) is 5.32 Å². The summed E-state index contributed by atoms with van der Waals surface area (Å²) in [4.78, 5) is 33.9. The lowest BCUT2D eigenvalue weighted by Gasteiger charge is -2.09. The van der Waals surface area contributed by atoms with Gasteiger partial charge in [-0.15, -0.1) is 0 Å². The van der Waals surface area contributed by atoms with E-state index in [0.29, 0.717) is 0 Å². The second-order valence-electron chi connectivity index (χ2n) is 5.32. The van der Waals surface area contributed by atoms with Crippen LogP contribution in [0.1, 0.15) is 10.4 Å². The second kappa shape index (κ2) is 8.14. The molecule has 0 fully saturated rings. The fourth-order valence-electron chi connectivity index (χ4n) is 2.09. The number of halogens is 1. The van der Waals surface area contributed by atoms with Crippen molar-refractivity contribution in [2.45, 2.75) is 4.90 Å². The van der Waals surface area contributed by atoms with Crippen molar-refractivity contribution in [2.75, 3.05) is 18.2 Å². The highest BCUT2D eigenvalue weighted by molar-refractivity contribution is 7.90. The van der Waals surface area contributed by atoms with E-state index in [4.69, 9.17) is 16.3 Å². The van der Waals surface area contributed by atoms with Gasteiger partial charge in [0.1, 0.15) is 5.02 Å². The number of carbonyl (C=O) groups excluding carboxylic acids is 2. The van der Waals surface area contributed by atoms with E-state index in [9.17, 15) is 28.1 Å². The Bertz CT molecular complexity index is 1020. The van der Waals surface area contributed by atoms with E-state index in [1.807, 2.05) is 0 Å². The van der Waals surface area contributed by atoms with Crippen LogP contribution in [0.3, 0.4) is 0 Å². The molecule has 9 nitrogen and oxygen atoms in total. The molecule has 1 amide bonds. The molecule has 2 aromatic carbocycles. The van der Waals surface area contributed by atoms with Crippen LogP contribution < -0.4 is 5.32 Å². The smallest absolute Gasteiger partial charge is 0.339 e. The minimum atomic E-state index is -3.66. The summed E-state index contributed by atoms with van der Waals surface area (Å²) in [6.45, 7) is -0.715. The molecule has 27 heavy (non-hydrogen) atoms. The molecule has 0 atom stereocenters. The van der Waals surface area contributed by atoms with Gasteiger partial charge in [0.25, 0.3) is 11.6 Å². The third kappa shape index (κ3) is 5.25. The highest BCUT2D eigenvalue weighted by atomic mass is 35.5. The summed E-state index contributed by atoms with van der Waals surface area (Å²) < 4.78 is 28.2. The summed E-state index contributed by atoms with van der Waals surface area (Å²) >= 11 is 5.68. The lowest BCUT2D eigenvalue weighted by Crippen LogP contribution is -2.21. The van der Waals surface area contributed by atoms with E-state index in [0.717, 1.165) is 12.3 Å². The molecule has 0 heterocycles. The SMILES string of the molecule is CS(=O)(=O)c1ccccc1C(=O)OCC(=O)Nc1ccc(Cl)c([N+](=O)[O-])c1. The average Bonchev–Trinajstić information content (AvgIpc) is 2.60. The topological polar surface area (TPSA) is 133 Å². The normalized spacial score (nSPS) is 10.9. The van der Waals surface area contributed by atoms with E-state index < -0.39 is 38.9 Å². The summed E-state index contributed by atoms with van der Waals surface area (Å²) in [7, 11) is -3.66. The quantitative estimate of drug-likeness (QED) is 0.437. The molecule has 11 heteroatoms. The maximum Gasteiger partial charge on any atom is 0.339 e. The minimum absolute atomic E-state index is 0.0867. The predicted molar refractivity (Wildman–Crippen MR) is 96.6 cm³/mol. The van der Waals surface area contributed by atoms with Gasteiger partial charge in [-0.2, -0.15) is 0 Å². The van der Waals surface area contributed by atoms with Gasteiger partial charge in [-0.05, 0) is 24.3 Å². The number of hydrogen-bond donors (Lipinski definition) is 1. The molecule has 0 aliphatic rings. The number of anilines is 1. The molecule has 0 saturated heterocycles. The highest BCUT2D eigenvalue weighted by Crippen LogP contribution is 2.27. The third-order valence-corrected chi connectivity index (χ3v) is 4.74. The van der Waals surface area contributed by atoms with Crippen molar-refractivity contribution in [2.24, 2.45) is 0 Å². The second-order valence-corrected chi connectivity index (χ2v) is 7.71. The number of rotatable bonds is 6. The Hall–Kier alpha value is -2.98. The first kappa shape index (κ1) is 20.3. The van der Waals surface area contributed by atoms with Gasteiger partial charge < -0.3 is 10.1 Å². The number of hydrogen-bond acceptors (Lipinski definition) is 7. The van der Waals surface area contributed by atoms with Gasteiger partial charge in [0.15, 0.2) is 16.4 Å². The molecule has 2 rings (SSSR count). The lowest BCUT2D eigenvalue weighted by atomic mass is 10.2. The number of nitro groups is 1. The Balaban J connectivity index is 2.06. The molecular weight excluding hydrogens is 400 g/mol. The third-order valence-electron chi connectivity index (χ3n) is 3.27. The number of benzene rings is 2. The van der Waals surface area contributed by atoms with Crippen molar-refractivity contribution in [3.63, 3.8) is 0 Å². The van der Waals surface area contributed by atoms with E-state index >= 15 is 0 Å². The minimum Gasteiger partial charge on any atom is -0.452 e. The van der Waals surface area contributed by atoms with Gasteiger partial charge in [0, 0.05) is 18.0 Å². The molecule has 0 unspecified atom stereocenters. The number of ether oxygens (including phenoxy) is 1. The Labute approximate surface area is 159 Å². The number of carbonyl (C=O) groups is 2. The summed E-state index contributed by atoms with van der Waals surface area (Å²) in [5.74, 6) is -1.76. The standard InChI is InChI=1S/C16H13ClN2O7S/c1-27(24,25)14-5-3-2-4-11(14)16(21)26-9-15(20)18-10-6-7-12(17)13(8-10)19(22)23/h2-8H,9H2,1H3,(H,18,20). The number of esters is 1. The maximum absolute atomic E-state index is 12.1. The summed E-state index contributed by atoms with van der Waals surface area (Å²) in [5.41, 5.74) is -0.507. The van der Waals surface area contributed by atoms with Crippen LogP contribution in [0.25, 0.3) is 0 Å². The van der Waals surface area contributed by atoms with Crippen LogP contribution in [-0.4, -0.2) is 38.1 Å². The van der Waals surface area contributed by atoms with Crippen molar-refractivity contribution < 1.29 is 27.7 Å². The Morgan fingerprint density at radius 3 is 2.52 bits per heavy atom. The lowest BCUT2D eigenvalue weighted by molar-refractivity contribution is -0.384. The summed E-state index contributed by atoms with van der Waals surface area (Å²) in [6.07, 6.45) is 0.944. The Kier molecular flexibility index (Phi) is 6.13. The van der Waals surface area contributed by atoms with Crippen molar-refractivity contribution in [1.29, 1.82) is 0 Å². The zero-order chi connectivity index (χ0) is 20.2. The molecule has 0 bridgehead atoms. The average molecular weight is 413 g/mol. The molecule has 0 saturated carbocycles. The number of nitrogens with one attached hydrogen (secondary N) is 1. The fourth-order valence-corrected chi connectivity index (χ4v) is 3.16. The van der Waals surface area contributed by atoms with E-state index in [-0.39, 0.29) is 21.2 Å². The Morgan fingerprint density at radius 1 is 1.22 bits per heavy atom. The van der Waals surface area contributed by atoms with Crippen LogP contribution in [-0.2, 0) is 19.4 Å². The first-order chi connectivity index (χ1) is 12.6. The summed E-state index contributed by atoms with van der Waals surface area (Å²) in [6, 6.07) is 9.06. The van der Waals surface area contributed by atoms with E-state index in [1.165, 1.54) is 36.4 Å². The van der Waals surface area contributed by atoms with Crippen LogP contribution in [0.2, 0.25) is 5.02 Å². The molecule has 2 aromatic rings. The molecule has 0 spiro atoms. The zero-order valence-corrected chi connectivity index (χ0v) is 15.4. The fraction of sp³-hybridized carbons (Fsp3) is 0.125. The van der Waals surface area contributed by atoms with Gasteiger partial charge in [-0.1, -0.05) is 23.7 Å². The number of sulfone groups is 1. The van der Waals surface area contributed by atoms with Gasteiger partial charge in [0.05, 0.1) is 15.4 Å². The van der Waals surface area contributed by atoms with Crippen LogP contribution in [0.15, 0.2) is 47.4 Å².